The Kier molecular flexibility index (Phi) is 6.57. The molecule has 0 aromatic carbocycles. The number of guanidine groups is 1. The number of ether oxygens (including phenoxy) is 1. The van der Waals surface area contributed by atoms with Crippen LogP contribution < -0.4 is 10.5 Å². The largest absolute Gasteiger partial charge is 0.463 e. The maximum Gasteiger partial charge on any atom is 0.233 e. The van der Waals surface area contributed by atoms with E-state index in [0.29, 0.717) is 11.3 Å². The maximum absolute atomic E-state index is 12.6. The summed E-state index contributed by atoms with van der Waals surface area (Å²) in [5.41, 5.74) is 6.42. The number of carbonyl (C=O) groups excluding carboxylic acids is 2. The van der Waals surface area contributed by atoms with Gasteiger partial charge >= 0.3 is 0 Å². The molecule has 10 heteroatoms. The minimum atomic E-state index is -0.898. The summed E-state index contributed by atoms with van der Waals surface area (Å²) in [6.45, 7) is 1.60. The van der Waals surface area contributed by atoms with Crippen molar-refractivity contribution in [1.82, 2.24) is 19.9 Å². The topological polar surface area (TPSA) is 144 Å². The third-order valence-electron chi connectivity index (χ3n) is 4.73. The first-order chi connectivity index (χ1) is 14.8. The molecule has 3 N–H and O–H groups in total. The lowest BCUT2D eigenvalue weighted by Gasteiger charge is -2.32. The van der Waals surface area contributed by atoms with Crippen molar-refractivity contribution in [1.29, 1.82) is 0 Å². The predicted octanol–water partition coefficient (Wildman–Crippen LogP) is 0.0635. The highest BCUT2D eigenvalue weighted by atomic mass is 16.5. The van der Waals surface area contributed by atoms with E-state index in [1.54, 1.807) is 32.3 Å². The summed E-state index contributed by atoms with van der Waals surface area (Å²) in [6.07, 6.45) is 4.46. The molecule has 10 nitrogen and oxygen atoms in total. The number of carbonyl (C=O) groups is 2. The summed E-state index contributed by atoms with van der Waals surface area (Å²) < 4.78 is 5.25. The fraction of sp³-hybridized carbons (Fsp3) is 0.333. The summed E-state index contributed by atoms with van der Waals surface area (Å²) in [5, 5.41) is 8.59. The van der Waals surface area contributed by atoms with Crippen molar-refractivity contribution in [3.05, 3.63) is 47.7 Å². The second kappa shape index (κ2) is 9.32. The highest BCUT2D eigenvalue weighted by Crippen LogP contribution is 2.31. The molecule has 2 aromatic rings. The van der Waals surface area contributed by atoms with Gasteiger partial charge in [0.2, 0.25) is 11.8 Å². The Balaban J connectivity index is 1.71. The standard InChI is InChI=1S/C21H22N6O4/c1-21(11-19(30)27(2)20(22)26-21)17-10-14(5-6-23-17)9-16(29)15-12-25-18(13-24-15)31-8-4-3-7-28/h5-6,10,12-13,28H,7-9,11H2,1-2H3,(H2,22,26). The summed E-state index contributed by atoms with van der Waals surface area (Å²) >= 11 is 0. The molecule has 1 aliphatic rings. The number of nitrogens with zero attached hydrogens (tertiary/aromatic N) is 5. The number of aliphatic imine (C=N–C) groups is 1. The van der Waals surface area contributed by atoms with Gasteiger partial charge in [-0.25, -0.2) is 15.0 Å². The molecule has 0 radical (unpaired) electrons. The monoisotopic (exact) mass is 422 g/mol. The first-order valence-electron chi connectivity index (χ1n) is 9.44. The van der Waals surface area contributed by atoms with E-state index >= 15 is 0 Å². The van der Waals surface area contributed by atoms with Crippen LogP contribution in [0.25, 0.3) is 0 Å². The molecule has 0 saturated carbocycles. The number of pyridine rings is 1. The van der Waals surface area contributed by atoms with Crippen LogP contribution in [0, 0.1) is 11.8 Å². The molecule has 3 heterocycles. The Morgan fingerprint density at radius 1 is 1.32 bits per heavy atom. The Labute approximate surface area is 179 Å². The molecular formula is C21H22N6O4. The fourth-order valence-corrected chi connectivity index (χ4v) is 2.96. The molecule has 0 aliphatic carbocycles. The minimum Gasteiger partial charge on any atom is -0.463 e. The van der Waals surface area contributed by atoms with Crippen LogP contribution in [-0.4, -0.2) is 62.9 Å². The highest BCUT2D eigenvalue weighted by Gasteiger charge is 2.37. The van der Waals surface area contributed by atoms with Gasteiger partial charge in [-0.15, -0.1) is 0 Å². The van der Waals surface area contributed by atoms with E-state index in [0.717, 1.165) is 0 Å². The summed E-state index contributed by atoms with van der Waals surface area (Å²) in [4.78, 5) is 43.0. The normalized spacial score (nSPS) is 18.1. The number of aliphatic hydroxyl groups is 1. The Morgan fingerprint density at radius 2 is 2.13 bits per heavy atom. The molecule has 0 spiro atoms. The van der Waals surface area contributed by atoms with Crippen molar-refractivity contribution in [3.63, 3.8) is 0 Å². The number of Topliss-reactive ketones (excluding diaryl/α,β-unsaturated/α-hetero) is 1. The molecule has 1 atom stereocenters. The van der Waals surface area contributed by atoms with E-state index in [-0.39, 0.29) is 55.3 Å². The minimum absolute atomic E-state index is 0.0619. The molecule has 2 aromatic heterocycles. The number of rotatable bonds is 6. The lowest BCUT2D eigenvalue weighted by Crippen LogP contribution is -2.47. The van der Waals surface area contributed by atoms with Crippen molar-refractivity contribution < 1.29 is 19.4 Å². The highest BCUT2D eigenvalue weighted by molar-refractivity contribution is 5.98. The molecule has 1 amide bonds. The third kappa shape index (κ3) is 5.21. The molecule has 0 fully saturated rings. The van der Waals surface area contributed by atoms with Gasteiger partial charge in [0.15, 0.2) is 18.3 Å². The Hall–Kier alpha value is -3.84. The lowest BCUT2D eigenvalue weighted by atomic mass is 9.90. The number of hydrogen-bond acceptors (Lipinski definition) is 9. The van der Waals surface area contributed by atoms with Crippen LogP contribution in [0.1, 0.15) is 35.1 Å². The molecule has 1 aliphatic heterocycles. The lowest BCUT2D eigenvalue weighted by molar-refractivity contribution is -0.128. The van der Waals surface area contributed by atoms with Crippen molar-refractivity contribution in [3.8, 4) is 17.7 Å². The van der Waals surface area contributed by atoms with E-state index in [4.69, 9.17) is 15.6 Å². The van der Waals surface area contributed by atoms with Gasteiger partial charge in [0.1, 0.15) is 17.8 Å². The van der Waals surface area contributed by atoms with Gasteiger partial charge in [-0.3, -0.25) is 19.5 Å². The second-order valence-corrected chi connectivity index (χ2v) is 7.06. The van der Waals surface area contributed by atoms with Gasteiger partial charge in [0, 0.05) is 19.7 Å². The van der Waals surface area contributed by atoms with E-state index in [2.05, 4.69) is 31.8 Å². The van der Waals surface area contributed by atoms with Gasteiger partial charge in [-0.2, -0.15) is 0 Å². The number of hydrogen-bond donors (Lipinski definition) is 2. The van der Waals surface area contributed by atoms with Gasteiger partial charge in [0.05, 0.1) is 24.5 Å². The van der Waals surface area contributed by atoms with Crippen LogP contribution in [0.5, 0.6) is 5.88 Å². The smallest absolute Gasteiger partial charge is 0.233 e. The van der Waals surface area contributed by atoms with Crippen molar-refractivity contribution in [2.24, 2.45) is 10.7 Å². The number of ketones is 1. The number of nitrogens with two attached hydrogens (primary N) is 1. The molecule has 31 heavy (non-hydrogen) atoms. The molecule has 1 unspecified atom stereocenters. The molecule has 160 valence electrons. The quantitative estimate of drug-likeness (QED) is 0.491. The fourth-order valence-electron chi connectivity index (χ4n) is 2.96. The average Bonchev–Trinajstić information content (AvgIpc) is 2.75. The summed E-state index contributed by atoms with van der Waals surface area (Å²) in [5.74, 6) is 5.01. The third-order valence-corrected chi connectivity index (χ3v) is 4.73. The molecular weight excluding hydrogens is 400 g/mol. The first kappa shape index (κ1) is 21.9. The van der Waals surface area contributed by atoms with Crippen LogP contribution in [0.15, 0.2) is 35.7 Å². The molecule has 3 rings (SSSR count). The van der Waals surface area contributed by atoms with Crippen molar-refractivity contribution >= 4 is 17.6 Å². The van der Waals surface area contributed by atoms with Gasteiger partial charge in [-0.1, -0.05) is 11.8 Å². The van der Waals surface area contributed by atoms with Crippen molar-refractivity contribution in [2.75, 3.05) is 20.3 Å². The van der Waals surface area contributed by atoms with Crippen LogP contribution >= 0.6 is 0 Å². The zero-order valence-electron chi connectivity index (χ0n) is 17.2. The molecule has 0 bridgehead atoms. The number of aromatic nitrogens is 3. The second-order valence-electron chi connectivity index (χ2n) is 7.06. The average molecular weight is 422 g/mol. The van der Waals surface area contributed by atoms with Crippen LogP contribution in [0.4, 0.5) is 0 Å². The number of amides is 1. The summed E-state index contributed by atoms with van der Waals surface area (Å²) in [6, 6.07) is 3.47. The van der Waals surface area contributed by atoms with Gasteiger partial charge < -0.3 is 15.6 Å². The van der Waals surface area contributed by atoms with E-state index < -0.39 is 5.54 Å². The van der Waals surface area contributed by atoms with Crippen LogP contribution in [0.3, 0.4) is 0 Å². The van der Waals surface area contributed by atoms with Gasteiger partial charge in [-0.05, 0) is 24.6 Å². The van der Waals surface area contributed by atoms with Crippen LogP contribution in [0.2, 0.25) is 0 Å². The zero-order valence-corrected chi connectivity index (χ0v) is 17.2. The Bertz CT molecular complexity index is 1070. The maximum atomic E-state index is 12.6. The summed E-state index contributed by atoms with van der Waals surface area (Å²) in [7, 11) is 1.57. The number of aliphatic hydroxyl groups excluding tert-OH is 1. The van der Waals surface area contributed by atoms with Crippen molar-refractivity contribution in [2.45, 2.75) is 25.3 Å². The SMILES string of the molecule is CN1C(=O)CC(C)(c2cc(CC(=O)c3cnc(OCC#CCO)cn3)ccn2)N=C1N. The van der Waals surface area contributed by atoms with E-state index in [9.17, 15) is 9.59 Å². The van der Waals surface area contributed by atoms with Gasteiger partial charge in [0.25, 0.3) is 0 Å². The van der Waals surface area contributed by atoms with E-state index in [1.165, 1.54) is 17.3 Å². The Morgan fingerprint density at radius 3 is 2.81 bits per heavy atom. The predicted molar refractivity (Wildman–Crippen MR) is 111 cm³/mol. The zero-order chi connectivity index (χ0) is 22.4. The van der Waals surface area contributed by atoms with E-state index in [1.807, 2.05) is 0 Å². The first-order valence-corrected chi connectivity index (χ1v) is 9.44. The van der Waals surface area contributed by atoms with Crippen LogP contribution in [-0.2, 0) is 16.8 Å². The molecule has 0 saturated heterocycles.